The first-order valence-electron chi connectivity index (χ1n) is 8.66. The zero-order valence-electron chi connectivity index (χ0n) is 16.4. The largest absolute Gasteiger partial charge is 0.573 e. The highest BCUT2D eigenvalue weighted by atomic mass is 19.4. The lowest BCUT2D eigenvalue weighted by Gasteiger charge is -2.32. The van der Waals surface area contributed by atoms with E-state index in [1.54, 1.807) is 6.08 Å². The van der Waals surface area contributed by atoms with Crippen molar-refractivity contribution in [3.8, 4) is 5.75 Å². The van der Waals surface area contributed by atoms with Gasteiger partial charge in [-0.05, 0) is 50.9 Å². The van der Waals surface area contributed by atoms with Gasteiger partial charge in [-0.2, -0.15) is 0 Å². The summed E-state index contributed by atoms with van der Waals surface area (Å²) in [6.45, 7) is 9.10. The van der Waals surface area contributed by atoms with Gasteiger partial charge in [0.05, 0.1) is 16.9 Å². The summed E-state index contributed by atoms with van der Waals surface area (Å²) < 4.78 is 53.1. The lowest BCUT2D eigenvalue weighted by molar-refractivity contribution is -0.274. The Morgan fingerprint density at radius 2 is 1.82 bits per heavy atom. The molecule has 1 saturated heterocycles. The Kier molecular flexibility index (Phi) is 6.05. The van der Waals surface area contributed by atoms with E-state index in [1.165, 1.54) is 19.1 Å². The fourth-order valence-corrected chi connectivity index (χ4v) is 2.51. The summed E-state index contributed by atoms with van der Waals surface area (Å²) in [5, 5.41) is 2.68. The molecule has 154 valence electrons. The van der Waals surface area contributed by atoms with Crippen molar-refractivity contribution in [2.75, 3.05) is 12.3 Å². The number of anilines is 1. The molecule has 2 rings (SSSR count). The van der Waals surface area contributed by atoms with Crippen molar-refractivity contribution in [3.05, 3.63) is 29.2 Å². The number of hydrogen-bond donors (Lipinski definition) is 2. The van der Waals surface area contributed by atoms with Crippen molar-refractivity contribution >= 4 is 24.8 Å². The molecule has 0 spiro atoms. The van der Waals surface area contributed by atoms with Gasteiger partial charge < -0.3 is 25.1 Å². The highest BCUT2D eigenvalue weighted by Crippen LogP contribution is 2.39. The normalized spacial score (nSPS) is 18.9. The summed E-state index contributed by atoms with van der Waals surface area (Å²) in [6.07, 6.45) is -3.17. The summed E-state index contributed by atoms with van der Waals surface area (Å²) in [6, 6.07) is 3.91. The van der Waals surface area contributed by atoms with Crippen LogP contribution >= 0.6 is 0 Å². The Labute approximate surface area is 162 Å². The Bertz CT molecular complexity index is 763. The molecule has 0 atom stereocenters. The number of hydrogen-bond acceptors (Lipinski definition) is 5. The zero-order valence-corrected chi connectivity index (χ0v) is 16.4. The number of amides is 1. The van der Waals surface area contributed by atoms with Crippen LogP contribution in [0.1, 0.15) is 40.2 Å². The number of nitrogens with one attached hydrogen (secondary N) is 1. The number of benzene rings is 1. The molecule has 0 aliphatic carbocycles. The molecule has 0 aromatic heterocycles. The molecule has 0 saturated carbocycles. The number of rotatable bonds is 5. The Hall–Kier alpha value is -2.20. The maximum atomic E-state index is 12.4. The first-order chi connectivity index (χ1) is 12.7. The molecule has 0 radical (unpaired) electrons. The van der Waals surface area contributed by atoms with Crippen molar-refractivity contribution in [3.63, 3.8) is 0 Å². The van der Waals surface area contributed by atoms with Gasteiger partial charge in [-0.15, -0.1) is 13.2 Å². The molecule has 1 aromatic rings. The Balaban J connectivity index is 2.32. The second kappa shape index (κ2) is 7.67. The van der Waals surface area contributed by atoms with Gasteiger partial charge in [0.2, 0.25) is 5.91 Å². The lowest BCUT2D eigenvalue weighted by Crippen LogP contribution is -2.41. The summed E-state index contributed by atoms with van der Waals surface area (Å²) in [5.41, 5.74) is 5.45. The van der Waals surface area contributed by atoms with Crippen molar-refractivity contribution in [2.45, 2.75) is 52.2 Å². The number of ether oxygens (including phenoxy) is 1. The van der Waals surface area contributed by atoms with Crippen LogP contribution in [0.3, 0.4) is 0 Å². The third-order valence-electron chi connectivity index (χ3n) is 4.71. The van der Waals surface area contributed by atoms with E-state index in [2.05, 4.69) is 10.1 Å². The van der Waals surface area contributed by atoms with Gasteiger partial charge in [0.1, 0.15) is 0 Å². The van der Waals surface area contributed by atoms with E-state index in [1.807, 2.05) is 27.7 Å². The molecule has 1 fully saturated rings. The van der Waals surface area contributed by atoms with Gasteiger partial charge in [0.15, 0.2) is 5.75 Å². The van der Waals surface area contributed by atoms with Crippen molar-refractivity contribution in [1.29, 1.82) is 0 Å². The van der Waals surface area contributed by atoms with E-state index < -0.39 is 30.4 Å². The smallest absolute Gasteiger partial charge is 0.404 e. The molecule has 0 bridgehead atoms. The zero-order chi connectivity index (χ0) is 21.3. The van der Waals surface area contributed by atoms with Gasteiger partial charge in [-0.1, -0.05) is 12.1 Å². The summed E-state index contributed by atoms with van der Waals surface area (Å²) in [5.74, 6) is -0.723. The maximum absolute atomic E-state index is 12.4. The Morgan fingerprint density at radius 1 is 1.25 bits per heavy atom. The highest BCUT2D eigenvalue weighted by molar-refractivity contribution is 6.56. The van der Waals surface area contributed by atoms with Crippen LogP contribution < -0.4 is 15.8 Å². The summed E-state index contributed by atoms with van der Waals surface area (Å²) >= 11 is 0. The van der Waals surface area contributed by atoms with E-state index in [0.717, 1.165) is 6.07 Å². The van der Waals surface area contributed by atoms with Crippen LogP contribution in [0.25, 0.3) is 6.08 Å². The van der Waals surface area contributed by atoms with Crippen LogP contribution in [0.15, 0.2) is 23.7 Å². The minimum atomic E-state index is -4.83. The van der Waals surface area contributed by atoms with Crippen LogP contribution in [-0.2, 0) is 14.1 Å². The molecule has 3 N–H and O–H groups in total. The van der Waals surface area contributed by atoms with Crippen molar-refractivity contribution < 1.29 is 32.0 Å². The molecule has 1 amide bonds. The predicted octanol–water partition coefficient (Wildman–Crippen LogP) is 3.32. The highest BCUT2D eigenvalue weighted by Gasteiger charge is 2.52. The van der Waals surface area contributed by atoms with Gasteiger partial charge in [0, 0.05) is 13.5 Å². The minimum Gasteiger partial charge on any atom is -0.404 e. The van der Waals surface area contributed by atoms with E-state index in [0.29, 0.717) is 11.0 Å². The number of alkyl halides is 3. The number of halogens is 3. The van der Waals surface area contributed by atoms with Gasteiger partial charge in [-0.3, -0.25) is 4.79 Å². The third kappa shape index (κ3) is 5.42. The van der Waals surface area contributed by atoms with Crippen LogP contribution in [0.5, 0.6) is 5.75 Å². The standard InChI is InChI=1S/C18H24BF3N2O4/c1-11(25)24-10-13(19-27-16(2,3)17(4,5)28-19)8-12-6-7-15(14(23)9-12)26-18(20,21)22/h6-9H,10,23H2,1-5H3,(H,24,25). The first kappa shape index (κ1) is 22.1. The molecule has 1 aliphatic heterocycles. The van der Waals surface area contributed by atoms with Crippen molar-refractivity contribution in [1.82, 2.24) is 5.32 Å². The molecular weight excluding hydrogens is 376 g/mol. The van der Waals surface area contributed by atoms with Gasteiger partial charge in [0.25, 0.3) is 0 Å². The van der Waals surface area contributed by atoms with E-state index in [-0.39, 0.29) is 18.1 Å². The van der Waals surface area contributed by atoms with E-state index in [4.69, 9.17) is 15.0 Å². The predicted molar refractivity (Wildman–Crippen MR) is 100 cm³/mol. The molecular formula is C18H24BF3N2O4. The van der Waals surface area contributed by atoms with E-state index >= 15 is 0 Å². The second-order valence-electron chi connectivity index (χ2n) is 7.56. The second-order valence-corrected chi connectivity index (χ2v) is 7.56. The van der Waals surface area contributed by atoms with Gasteiger partial charge >= 0.3 is 13.5 Å². The number of nitrogen functional groups attached to an aromatic ring is 1. The van der Waals surface area contributed by atoms with Crippen LogP contribution in [0, 0.1) is 0 Å². The van der Waals surface area contributed by atoms with Crippen LogP contribution in [0.2, 0.25) is 0 Å². The van der Waals surface area contributed by atoms with Crippen LogP contribution in [0.4, 0.5) is 18.9 Å². The Morgan fingerprint density at radius 3 is 2.29 bits per heavy atom. The van der Waals surface area contributed by atoms with Crippen LogP contribution in [-0.4, -0.2) is 37.1 Å². The monoisotopic (exact) mass is 400 g/mol. The molecule has 10 heteroatoms. The SMILES string of the molecule is CC(=O)NCC(=Cc1ccc(OC(F)(F)F)c(N)c1)B1OC(C)(C)C(C)(C)O1. The van der Waals surface area contributed by atoms with Crippen molar-refractivity contribution in [2.24, 2.45) is 0 Å². The van der Waals surface area contributed by atoms with E-state index in [9.17, 15) is 18.0 Å². The fraction of sp³-hybridized carbons (Fsp3) is 0.500. The maximum Gasteiger partial charge on any atom is 0.573 e. The molecule has 1 aromatic carbocycles. The topological polar surface area (TPSA) is 82.8 Å². The number of carbonyl (C=O) groups is 1. The quantitative estimate of drug-likeness (QED) is 0.586. The minimum absolute atomic E-state index is 0.146. The average molecular weight is 400 g/mol. The molecule has 1 aliphatic rings. The molecule has 0 unspecified atom stereocenters. The number of carbonyl (C=O) groups excluding carboxylic acids is 1. The third-order valence-corrected chi connectivity index (χ3v) is 4.71. The first-order valence-corrected chi connectivity index (χ1v) is 8.66. The van der Waals surface area contributed by atoms with Gasteiger partial charge in [-0.25, -0.2) is 0 Å². The fourth-order valence-electron chi connectivity index (χ4n) is 2.51. The molecule has 1 heterocycles. The lowest BCUT2D eigenvalue weighted by atomic mass is 9.77. The average Bonchev–Trinajstić information content (AvgIpc) is 2.73. The summed E-state index contributed by atoms with van der Waals surface area (Å²) in [7, 11) is -0.732. The molecule has 28 heavy (non-hydrogen) atoms. The summed E-state index contributed by atoms with van der Waals surface area (Å²) in [4.78, 5) is 11.3. The molecule has 6 nitrogen and oxygen atoms in total. The number of nitrogens with two attached hydrogens (primary N) is 1.